The van der Waals surface area contributed by atoms with Crippen LogP contribution in [0.3, 0.4) is 0 Å². The molecule has 0 radical (unpaired) electrons. The van der Waals surface area contributed by atoms with Crippen LogP contribution in [0, 0.1) is 11.8 Å². The van der Waals surface area contributed by atoms with Gasteiger partial charge in [-0.05, 0) is 42.7 Å². The first-order valence-corrected chi connectivity index (χ1v) is 8.36. The summed E-state index contributed by atoms with van der Waals surface area (Å²) in [6, 6.07) is 14.8. The highest BCUT2D eigenvalue weighted by molar-refractivity contribution is 5.48. The summed E-state index contributed by atoms with van der Waals surface area (Å²) in [7, 11) is 3.38. The van der Waals surface area contributed by atoms with Gasteiger partial charge in [0.15, 0.2) is 11.5 Å². The molecule has 0 amide bonds. The smallest absolute Gasteiger partial charge is 0.161 e. The van der Waals surface area contributed by atoms with Crippen LogP contribution in [0.1, 0.15) is 29.7 Å². The zero-order valence-electron chi connectivity index (χ0n) is 14.6. The van der Waals surface area contributed by atoms with Crippen LogP contribution in [0.4, 0.5) is 0 Å². The molecule has 2 atom stereocenters. The number of methoxy groups -OCH3 is 2. The minimum absolute atomic E-state index is 0.402. The predicted octanol–water partition coefficient (Wildman–Crippen LogP) is 2.26. The van der Waals surface area contributed by atoms with Gasteiger partial charge in [-0.2, -0.15) is 0 Å². The summed E-state index contributed by atoms with van der Waals surface area (Å²) < 4.78 is 10.9. The summed E-state index contributed by atoms with van der Waals surface area (Å²) in [5, 5.41) is 0. The molecule has 1 aliphatic rings. The zero-order chi connectivity index (χ0) is 16.9. The van der Waals surface area contributed by atoms with Crippen LogP contribution in [0.5, 0.6) is 11.5 Å². The van der Waals surface area contributed by atoms with Crippen molar-refractivity contribution in [1.29, 1.82) is 0 Å². The average Bonchev–Trinajstić information content (AvgIpc) is 2.63. The molecule has 3 heteroatoms. The lowest BCUT2D eigenvalue weighted by molar-refractivity contribution is -0.925. The summed E-state index contributed by atoms with van der Waals surface area (Å²) in [5.74, 6) is 8.22. The quantitative estimate of drug-likeness (QED) is 0.876. The van der Waals surface area contributed by atoms with Gasteiger partial charge in [-0.25, -0.2) is 0 Å². The summed E-state index contributed by atoms with van der Waals surface area (Å²) in [6.07, 6.45) is 1.04. The van der Waals surface area contributed by atoms with E-state index in [0.29, 0.717) is 6.04 Å². The first kappa shape index (κ1) is 16.4. The first-order valence-electron chi connectivity index (χ1n) is 8.36. The van der Waals surface area contributed by atoms with Gasteiger partial charge in [-0.1, -0.05) is 24.1 Å². The summed E-state index contributed by atoms with van der Waals surface area (Å²) >= 11 is 0. The maximum absolute atomic E-state index is 5.46. The van der Waals surface area contributed by atoms with E-state index in [0.717, 1.165) is 36.6 Å². The normalized spacial score (nSPS) is 19.0. The highest BCUT2D eigenvalue weighted by Gasteiger charge is 2.28. The van der Waals surface area contributed by atoms with Crippen molar-refractivity contribution in [3.8, 4) is 23.3 Å². The molecule has 3 nitrogen and oxygen atoms in total. The highest BCUT2D eigenvalue weighted by atomic mass is 16.5. The average molecular weight is 322 g/mol. The largest absolute Gasteiger partial charge is 0.493 e. The van der Waals surface area contributed by atoms with Crippen molar-refractivity contribution in [2.24, 2.45) is 0 Å². The molecule has 2 aromatic rings. The number of ether oxygens (including phenoxy) is 2. The van der Waals surface area contributed by atoms with Crippen LogP contribution in [0.2, 0.25) is 0 Å². The van der Waals surface area contributed by atoms with Crippen molar-refractivity contribution in [3.05, 3.63) is 59.2 Å². The van der Waals surface area contributed by atoms with Crippen molar-refractivity contribution in [2.75, 3.05) is 27.3 Å². The minimum Gasteiger partial charge on any atom is -0.493 e. The Morgan fingerprint density at radius 1 is 1.08 bits per heavy atom. The van der Waals surface area contributed by atoms with E-state index in [-0.39, 0.29) is 0 Å². The molecule has 2 aromatic carbocycles. The fourth-order valence-electron chi connectivity index (χ4n) is 3.31. The van der Waals surface area contributed by atoms with Gasteiger partial charge in [0, 0.05) is 17.5 Å². The van der Waals surface area contributed by atoms with Crippen LogP contribution in [-0.2, 0) is 6.42 Å². The van der Waals surface area contributed by atoms with Crippen LogP contribution in [0.25, 0.3) is 0 Å². The lowest BCUT2D eigenvalue weighted by atomic mass is 9.93. The summed E-state index contributed by atoms with van der Waals surface area (Å²) in [6.45, 7) is 4.21. The molecule has 24 heavy (non-hydrogen) atoms. The van der Waals surface area contributed by atoms with Gasteiger partial charge in [-0.3, -0.25) is 0 Å². The van der Waals surface area contributed by atoms with Gasteiger partial charge in [0.1, 0.15) is 12.6 Å². The first-order chi connectivity index (χ1) is 11.7. The molecule has 1 aliphatic heterocycles. The fraction of sp³-hybridized carbons (Fsp3) is 0.333. The van der Waals surface area contributed by atoms with Gasteiger partial charge >= 0.3 is 0 Å². The SMILES string of the molecule is COc1cc2c(cc1OC)[C@H](C)[NH+](CC#Cc1ccccc1)CC2. The fourth-order valence-corrected chi connectivity index (χ4v) is 3.31. The van der Waals surface area contributed by atoms with Crippen molar-refractivity contribution < 1.29 is 14.4 Å². The van der Waals surface area contributed by atoms with Crippen molar-refractivity contribution in [2.45, 2.75) is 19.4 Å². The monoisotopic (exact) mass is 322 g/mol. The number of rotatable bonds is 3. The molecule has 1 unspecified atom stereocenters. The molecule has 0 aliphatic carbocycles. The Bertz CT molecular complexity index is 759. The van der Waals surface area contributed by atoms with E-state index in [9.17, 15) is 0 Å². The lowest BCUT2D eigenvalue weighted by Crippen LogP contribution is -3.12. The summed E-state index contributed by atoms with van der Waals surface area (Å²) in [4.78, 5) is 1.50. The van der Waals surface area contributed by atoms with E-state index in [1.54, 1.807) is 14.2 Å². The molecule has 0 saturated carbocycles. The number of fused-ring (bicyclic) bond motifs is 1. The highest BCUT2D eigenvalue weighted by Crippen LogP contribution is 2.33. The maximum Gasteiger partial charge on any atom is 0.161 e. The van der Waals surface area contributed by atoms with Crippen LogP contribution < -0.4 is 14.4 Å². The number of hydrogen-bond acceptors (Lipinski definition) is 2. The molecule has 0 fully saturated rings. The number of benzene rings is 2. The molecule has 0 saturated heterocycles. The topological polar surface area (TPSA) is 22.9 Å². The molecule has 124 valence electrons. The number of quaternary nitrogens is 1. The van der Waals surface area contributed by atoms with E-state index in [1.165, 1.54) is 16.0 Å². The predicted molar refractivity (Wildman–Crippen MR) is 95.7 cm³/mol. The Labute approximate surface area is 144 Å². The Balaban J connectivity index is 1.77. The van der Waals surface area contributed by atoms with Crippen LogP contribution >= 0.6 is 0 Å². The van der Waals surface area contributed by atoms with E-state index >= 15 is 0 Å². The van der Waals surface area contributed by atoms with E-state index in [4.69, 9.17) is 9.47 Å². The van der Waals surface area contributed by atoms with Gasteiger partial charge in [-0.15, -0.1) is 0 Å². The van der Waals surface area contributed by atoms with Gasteiger partial charge < -0.3 is 14.4 Å². The Hall–Kier alpha value is -2.44. The maximum atomic E-state index is 5.46. The van der Waals surface area contributed by atoms with Gasteiger partial charge in [0.05, 0.1) is 20.8 Å². The zero-order valence-corrected chi connectivity index (χ0v) is 14.6. The van der Waals surface area contributed by atoms with Crippen molar-refractivity contribution in [1.82, 2.24) is 0 Å². The standard InChI is InChI=1S/C21H23NO2/c1-16-19-15-21(24-3)20(23-2)14-18(19)11-13-22(16)12-7-10-17-8-5-4-6-9-17/h4-6,8-9,14-16H,11-13H2,1-3H3/p+1/t16-/m0/s1. The molecule has 0 bridgehead atoms. The molecule has 0 aromatic heterocycles. The second kappa shape index (κ2) is 7.42. The Kier molecular flexibility index (Phi) is 5.08. The van der Waals surface area contributed by atoms with E-state index in [1.807, 2.05) is 18.2 Å². The lowest BCUT2D eigenvalue weighted by Gasteiger charge is -2.31. The molecular formula is C21H24NO2+. The van der Waals surface area contributed by atoms with Crippen molar-refractivity contribution in [3.63, 3.8) is 0 Å². The van der Waals surface area contributed by atoms with Gasteiger partial charge in [0.25, 0.3) is 0 Å². The van der Waals surface area contributed by atoms with Crippen molar-refractivity contribution >= 4 is 0 Å². The molecule has 3 rings (SSSR count). The Morgan fingerprint density at radius 2 is 1.79 bits per heavy atom. The minimum atomic E-state index is 0.402. The third kappa shape index (κ3) is 3.39. The number of nitrogens with one attached hydrogen (secondary N) is 1. The van der Waals surface area contributed by atoms with Crippen LogP contribution in [0.15, 0.2) is 42.5 Å². The molecule has 0 spiro atoms. The van der Waals surface area contributed by atoms with Crippen LogP contribution in [-0.4, -0.2) is 27.3 Å². The third-order valence-corrected chi connectivity index (χ3v) is 4.76. The Morgan fingerprint density at radius 3 is 2.50 bits per heavy atom. The molecule has 1 heterocycles. The van der Waals surface area contributed by atoms with Gasteiger partial charge in [0.2, 0.25) is 0 Å². The second-order valence-corrected chi connectivity index (χ2v) is 6.13. The van der Waals surface area contributed by atoms with E-state index < -0.39 is 0 Å². The second-order valence-electron chi connectivity index (χ2n) is 6.13. The third-order valence-electron chi connectivity index (χ3n) is 4.76. The number of hydrogen-bond donors (Lipinski definition) is 1. The molecular weight excluding hydrogens is 298 g/mol. The summed E-state index contributed by atoms with van der Waals surface area (Å²) in [5.41, 5.74) is 3.78. The van der Waals surface area contributed by atoms with E-state index in [2.05, 4.69) is 43.0 Å². The molecule has 1 N–H and O–H groups in total.